The first-order valence-electron chi connectivity index (χ1n) is 3.45. The van der Waals surface area contributed by atoms with Crippen molar-refractivity contribution in [2.45, 2.75) is 33.8 Å². The van der Waals surface area contributed by atoms with Crippen LogP contribution in [0.5, 0.6) is 0 Å². The summed E-state index contributed by atoms with van der Waals surface area (Å²) in [5.74, 6) is -1.81. The Morgan fingerprint density at radius 1 is 1.23 bits per heavy atom. The summed E-state index contributed by atoms with van der Waals surface area (Å²) < 4.78 is 4.80. The number of esters is 1. The molecule has 0 saturated carbocycles. The number of hydrogen-bond donors (Lipinski definition) is 1. The van der Waals surface area contributed by atoms with Crippen molar-refractivity contribution in [1.29, 1.82) is 0 Å². The number of carbonyl (C=O) groups is 2. The molecule has 0 fully saturated rings. The van der Waals surface area contributed by atoms with Crippen molar-refractivity contribution >= 4 is 11.9 Å². The number of ether oxygens (including phenoxy) is 1. The molecule has 0 spiro atoms. The van der Waals surface area contributed by atoms with Gasteiger partial charge in [-0.05, 0) is 20.8 Å². The second-order valence-corrected chi connectivity index (χ2v) is 3.21. The summed E-state index contributed by atoms with van der Waals surface area (Å²) in [7, 11) is 0. The molecule has 4 nitrogen and oxygen atoms in total. The van der Waals surface area contributed by atoms with Gasteiger partial charge in [-0.25, -0.2) is 9.59 Å². The summed E-state index contributed by atoms with van der Waals surface area (Å²) in [4.78, 5) is 20.8. The second-order valence-electron chi connectivity index (χ2n) is 3.21. The predicted octanol–water partition coefficient (Wildman–Crippen LogP) is 1.60. The van der Waals surface area contributed by atoms with Crippen LogP contribution in [-0.2, 0) is 14.3 Å². The van der Waals surface area contributed by atoms with Crippen LogP contribution in [-0.4, -0.2) is 22.6 Å². The molecule has 0 amide bonds. The average Bonchev–Trinajstić information content (AvgIpc) is 1.79. The minimum atomic E-state index is -1.17. The van der Waals surface area contributed by atoms with E-state index >= 15 is 0 Å². The van der Waals surface area contributed by atoms with E-state index in [1.165, 1.54) is 0 Å². The van der Waals surface area contributed by atoms with Crippen LogP contribution in [0.1, 0.15) is 28.2 Å². The molecule has 0 aliphatic heterocycles. The van der Waals surface area contributed by atoms with Gasteiger partial charge in [-0.3, -0.25) is 0 Å². The van der Waals surface area contributed by atoms with E-state index in [1.54, 1.807) is 20.8 Å². The van der Waals surface area contributed by atoms with Crippen LogP contribution in [0.25, 0.3) is 0 Å². The van der Waals surface area contributed by atoms with Crippen LogP contribution in [0.15, 0.2) is 12.2 Å². The maximum absolute atomic E-state index is 10.8. The summed E-state index contributed by atoms with van der Waals surface area (Å²) >= 11 is 0. The van der Waals surface area contributed by atoms with E-state index in [0.717, 1.165) is 12.2 Å². The van der Waals surface area contributed by atoms with Gasteiger partial charge < -0.3 is 9.84 Å². The van der Waals surface area contributed by atoms with Gasteiger partial charge in [0.2, 0.25) is 0 Å². The first-order chi connectivity index (χ1) is 5.31. The first kappa shape index (κ1) is 14.2. The van der Waals surface area contributed by atoms with Gasteiger partial charge >= 0.3 is 11.9 Å². The van der Waals surface area contributed by atoms with E-state index in [2.05, 4.69) is 0 Å². The number of hydrogen-bond acceptors (Lipinski definition) is 3. The molecule has 0 saturated heterocycles. The minimum absolute atomic E-state index is 0. The van der Waals surface area contributed by atoms with Crippen LogP contribution in [0.3, 0.4) is 0 Å². The lowest BCUT2D eigenvalue weighted by Gasteiger charge is -2.17. The molecule has 0 rings (SSSR count). The van der Waals surface area contributed by atoms with Gasteiger partial charge in [0.05, 0.1) is 0 Å². The molecule has 0 unspecified atom stereocenters. The Hall–Kier alpha value is -1.32. The zero-order chi connectivity index (χ0) is 9.78. The number of rotatable bonds is 2. The third-order valence-corrected chi connectivity index (χ3v) is 0.769. The zero-order valence-corrected chi connectivity index (χ0v) is 7.33. The molecule has 0 bridgehead atoms. The summed E-state index contributed by atoms with van der Waals surface area (Å²) in [6, 6.07) is 0. The third kappa shape index (κ3) is 10.7. The van der Waals surface area contributed by atoms with Crippen LogP contribution in [0.4, 0.5) is 0 Å². The van der Waals surface area contributed by atoms with E-state index in [-0.39, 0.29) is 7.43 Å². The maximum Gasteiger partial charge on any atom is 0.331 e. The highest BCUT2D eigenvalue weighted by atomic mass is 16.6. The van der Waals surface area contributed by atoms with Gasteiger partial charge in [0.25, 0.3) is 0 Å². The fourth-order valence-electron chi connectivity index (χ4n) is 0.475. The summed E-state index contributed by atoms with van der Waals surface area (Å²) in [5.41, 5.74) is -0.583. The highest BCUT2D eigenvalue weighted by Crippen LogP contribution is 2.06. The van der Waals surface area contributed by atoms with Crippen LogP contribution < -0.4 is 0 Å². The van der Waals surface area contributed by atoms with Crippen molar-refractivity contribution in [3.63, 3.8) is 0 Å². The average molecular weight is 188 g/mol. The second kappa shape index (κ2) is 5.35. The van der Waals surface area contributed by atoms with Crippen molar-refractivity contribution in [3.8, 4) is 0 Å². The van der Waals surface area contributed by atoms with Crippen molar-refractivity contribution in [3.05, 3.63) is 12.2 Å². The molecule has 0 aliphatic carbocycles. The Morgan fingerprint density at radius 3 is 2.00 bits per heavy atom. The van der Waals surface area contributed by atoms with E-state index in [9.17, 15) is 9.59 Å². The number of carbonyl (C=O) groups excluding carboxylic acids is 1. The van der Waals surface area contributed by atoms with Gasteiger partial charge in [0.1, 0.15) is 5.60 Å². The molecular formula is C9H16O4. The van der Waals surface area contributed by atoms with Crippen LogP contribution in [0.2, 0.25) is 0 Å². The first-order valence-corrected chi connectivity index (χ1v) is 3.45. The predicted molar refractivity (Wildman–Crippen MR) is 49.4 cm³/mol. The molecule has 76 valence electrons. The quantitative estimate of drug-likeness (QED) is 0.528. The fraction of sp³-hybridized carbons (Fsp3) is 0.556. The van der Waals surface area contributed by atoms with Crippen molar-refractivity contribution in [1.82, 2.24) is 0 Å². The molecule has 1 N–H and O–H groups in total. The molecule has 13 heavy (non-hydrogen) atoms. The summed E-state index contributed by atoms with van der Waals surface area (Å²) in [6.45, 7) is 5.12. The Morgan fingerprint density at radius 2 is 1.69 bits per heavy atom. The molecule has 0 aromatic carbocycles. The Kier molecular flexibility index (Phi) is 5.85. The minimum Gasteiger partial charge on any atom is -0.478 e. The largest absolute Gasteiger partial charge is 0.478 e. The molecular weight excluding hydrogens is 172 g/mol. The van der Waals surface area contributed by atoms with Crippen LogP contribution in [0, 0.1) is 0 Å². The highest BCUT2D eigenvalue weighted by molar-refractivity contribution is 5.90. The van der Waals surface area contributed by atoms with Crippen LogP contribution >= 0.6 is 0 Å². The van der Waals surface area contributed by atoms with E-state index in [0.29, 0.717) is 0 Å². The third-order valence-electron chi connectivity index (χ3n) is 0.769. The van der Waals surface area contributed by atoms with E-state index < -0.39 is 17.5 Å². The highest BCUT2D eigenvalue weighted by Gasteiger charge is 2.13. The number of carboxylic acid groups (broad SMARTS) is 1. The molecule has 0 aliphatic rings. The van der Waals surface area contributed by atoms with Gasteiger partial charge in [-0.1, -0.05) is 7.43 Å². The number of aliphatic carboxylic acids is 1. The SMILES string of the molecule is C.CC(C)(C)OC(=O)C=CC(=O)O. The smallest absolute Gasteiger partial charge is 0.331 e. The molecule has 0 atom stereocenters. The Labute approximate surface area is 78.2 Å². The lowest BCUT2D eigenvalue weighted by atomic mass is 10.2. The standard InChI is InChI=1S/C8H12O4.CH4/c1-8(2,3)12-7(11)5-4-6(9)10;/h4-5H,1-3H3,(H,9,10);1H4. The van der Waals surface area contributed by atoms with Gasteiger partial charge in [-0.2, -0.15) is 0 Å². The molecule has 4 heteroatoms. The van der Waals surface area contributed by atoms with E-state index in [4.69, 9.17) is 9.84 Å². The van der Waals surface area contributed by atoms with Gasteiger partial charge in [0, 0.05) is 12.2 Å². The Bertz CT molecular complexity index is 210. The lowest BCUT2D eigenvalue weighted by Crippen LogP contribution is -2.22. The topological polar surface area (TPSA) is 63.6 Å². The number of carboxylic acids is 1. The molecule has 0 heterocycles. The molecule has 0 aromatic heterocycles. The maximum atomic E-state index is 10.8. The van der Waals surface area contributed by atoms with Crippen molar-refractivity contribution < 1.29 is 19.4 Å². The molecule has 0 aromatic rings. The van der Waals surface area contributed by atoms with Gasteiger partial charge in [-0.15, -0.1) is 0 Å². The van der Waals surface area contributed by atoms with Crippen molar-refractivity contribution in [2.75, 3.05) is 0 Å². The van der Waals surface area contributed by atoms with Crippen molar-refractivity contribution in [2.24, 2.45) is 0 Å². The normalized spacial score (nSPS) is 10.7. The zero-order valence-electron chi connectivity index (χ0n) is 7.33. The monoisotopic (exact) mass is 188 g/mol. The molecule has 0 radical (unpaired) electrons. The lowest BCUT2D eigenvalue weighted by molar-refractivity contribution is -0.148. The van der Waals surface area contributed by atoms with E-state index in [1.807, 2.05) is 0 Å². The summed E-state index contributed by atoms with van der Waals surface area (Å²) in [5, 5.41) is 8.17. The Balaban J connectivity index is 0. The fourth-order valence-corrected chi connectivity index (χ4v) is 0.475. The van der Waals surface area contributed by atoms with Gasteiger partial charge in [0.15, 0.2) is 0 Å². The summed E-state index contributed by atoms with van der Waals surface area (Å²) in [6.07, 6.45) is 1.63.